The standard InChI is InChI=1S/C15H26N4O2/c1-11(2)7-10-19-13(16)12(15(20)21-3)14(17-19)18-8-5-4-6-9-18/h11H,4-10,16H2,1-3H3. The topological polar surface area (TPSA) is 73.4 Å². The number of methoxy groups -OCH3 is 1. The number of aromatic nitrogens is 2. The van der Waals surface area contributed by atoms with Gasteiger partial charge in [-0.05, 0) is 31.6 Å². The molecule has 0 aromatic carbocycles. The van der Waals surface area contributed by atoms with Crippen LogP contribution in [0.25, 0.3) is 0 Å². The van der Waals surface area contributed by atoms with E-state index < -0.39 is 5.97 Å². The van der Waals surface area contributed by atoms with Crippen LogP contribution in [0.5, 0.6) is 0 Å². The highest BCUT2D eigenvalue weighted by Crippen LogP contribution is 2.28. The van der Waals surface area contributed by atoms with Crippen molar-refractivity contribution in [3.05, 3.63) is 5.56 Å². The van der Waals surface area contributed by atoms with Crippen LogP contribution in [0.15, 0.2) is 0 Å². The number of hydrogen-bond donors (Lipinski definition) is 1. The lowest BCUT2D eigenvalue weighted by atomic mass is 10.1. The summed E-state index contributed by atoms with van der Waals surface area (Å²) in [6.45, 7) is 6.88. The molecule has 2 rings (SSSR count). The van der Waals surface area contributed by atoms with Crippen LogP contribution in [-0.4, -0.2) is 35.9 Å². The van der Waals surface area contributed by atoms with E-state index in [1.54, 1.807) is 4.68 Å². The Kier molecular flexibility index (Phi) is 5.09. The monoisotopic (exact) mass is 294 g/mol. The molecule has 1 aliphatic rings. The van der Waals surface area contributed by atoms with Gasteiger partial charge >= 0.3 is 5.97 Å². The first-order chi connectivity index (χ1) is 10.0. The van der Waals surface area contributed by atoms with Crippen LogP contribution in [0.2, 0.25) is 0 Å². The van der Waals surface area contributed by atoms with Gasteiger partial charge in [0.15, 0.2) is 5.82 Å². The van der Waals surface area contributed by atoms with E-state index in [2.05, 4.69) is 23.8 Å². The maximum atomic E-state index is 12.1. The average molecular weight is 294 g/mol. The molecule has 0 aliphatic carbocycles. The fourth-order valence-corrected chi connectivity index (χ4v) is 2.64. The fourth-order valence-electron chi connectivity index (χ4n) is 2.64. The Hall–Kier alpha value is -1.72. The first kappa shape index (κ1) is 15.7. The molecule has 6 heteroatoms. The predicted molar refractivity (Wildman–Crippen MR) is 83.5 cm³/mol. The van der Waals surface area contributed by atoms with Crippen molar-refractivity contribution in [2.24, 2.45) is 5.92 Å². The van der Waals surface area contributed by atoms with Crippen molar-refractivity contribution < 1.29 is 9.53 Å². The molecule has 2 heterocycles. The third-order valence-electron chi connectivity index (χ3n) is 3.94. The zero-order valence-corrected chi connectivity index (χ0v) is 13.3. The molecule has 0 atom stereocenters. The number of hydrogen-bond acceptors (Lipinski definition) is 5. The van der Waals surface area contributed by atoms with Gasteiger partial charge in [0.25, 0.3) is 0 Å². The molecule has 2 N–H and O–H groups in total. The van der Waals surface area contributed by atoms with Crippen molar-refractivity contribution in [3.8, 4) is 0 Å². The molecule has 0 spiro atoms. The summed E-state index contributed by atoms with van der Waals surface area (Å²) < 4.78 is 6.63. The minimum atomic E-state index is -0.399. The van der Waals surface area contributed by atoms with Gasteiger partial charge in [0.1, 0.15) is 11.4 Å². The van der Waals surface area contributed by atoms with E-state index in [9.17, 15) is 4.79 Å². The second kappa shape index (κ2) is 6.83. The molecule has 1 saturated heterocycles. The summed E-state index contributed by atoms with van der Waals surface area (Å²) in [5, 5.41) is 4.59. The van der Waals surface area contributed by atoms with Gasteiger partial charge in [-0.2, -0.15) is 5.10 Å². The van der Waals surface area contributed by atoms with E-state index in [4.69, 9.17) is 10.5 Å². The second-order valence-electron chi connectivity index (χ2n) is 6.03. The van der Waals surface area contributed by atoms with Crippen LogP contribution in [-0.2, 0) is 11.3 Å². The summed E-state index contributed by atoms with van der Waals surface area (Å²) in [6.07, 6.45) is 4.46. The maximum absolute atomic E-state index is 12.1. The Labute approximate surface area is 126 Å². The van der Waals surface area contributed by atoms with Crippen LogP contribution in [0, 0.1) is 5.92 Å². The zero-order valence-electron chi connectivity index (χ0n) is 13.3. The third kappa shape index (κ3) is 3.49. The Bertz CT molecular complexity index is 490. The number of esters is 1. The van der Waals surface area contributed by atoms with E-state index in [0.29, 0.717) is 23.1 Å². The van der Waals surface area contributed by atoms with Gasteiger partial charge in [0.2, 0.25) is 0 Å². The molecule has 0 bridgehead atoms. The van der Waals surface area contributed by atoms with Crippen LogP contribution in [0.1, 0.15) is 49.9 Å². The molecule has 1 aromatic heterocycles. The highest BCUT2D eigenvalue weighted by molar-refractivity contribution is 5.99. The second-order valence-corrected chi connectivity index (χ2v) is 6.03. The molecule has 0 saturated carbocycles. The molecule has 118 valence electrons. The number of rotatable bonds is 5. The summed E-state index contributed by atoms with van der Waals surface area (Å²) in [5.74, 6) is 1.27. The van der Waals surface area contributed by atoms with Crippen molar-refractivity contribution in [1.82, 2.24) is 9.78 Å². The SMILES string of the molecule is COC(=O)c1c(N2CCCCC2)nn(CCC(C)C)c1N. The Morgan fingerprint density at radius 3 is 2.57 bits per heavy atom. The number of aryl methyl sites for hydroxylation is 1. The summed E-state index contributed by atoms with van der Waals surface area (Å²) in [6, 6.07) is 0. The third-order valence-corrected chi connectivity index (χ3v) is 3.94. The summed E-state index contributed by atoms with van der Waals surface area (Å²) in [7, 11) is 1.38. The maximum Gasteiger partial charge on any atom is 0.345 e. The minimum absolute atomic E-state index is 0.399. The van der Waals surface area contributed by atoms with Gasteiger partial charge in [-0.3, -0.25) is 0 Å². The number of carbonyl (C=O) groups is 1. The Morgan fingerprint density at radius 2 is 2.00 bits per heavy atom. The van der Waals surface area contributed by atoms with Gasteiger partial charge in [-0.15, -0.1) is 0 Å². The van der Waals surface area contributed by atoms with E-state index in [0.717, 1.165) is 38.9 Å². The lowest BCUT2D eigenvalue weighted by Crippen LogP contribution is -2.31. The van der Waals surface area contributed by atoms with Crippen LogP contribution < -0.4 is 10.6 Å². The van der Waals surface area contributed by atoms with E-state index in [1.807, 2.05) is 0 Å². The average Bonchev–Trinajstić information content (AvgIpc) is 2.82. The van der Waals surface area contributed by atoms with Crippen LogP contribution in [0.4, 0.5) is 11.6 Å². The number of carbonyl (C=O) groups excluding carboxylic acids is 1. The van der Waals surface area contributed by atoms with Crippen molar-refractivity contribution in [1.29, 1.82) is 0 Å². The largest absolute Gasteiger partial charge is 0.465 e. The number of anilines is 2. The number of ether oxygens (including phenoxy) is 1. The number of piperidine rings is 1. The highest BCUT2D eigenvalue weighted by atomic mass is 16.5. The van der Waals surface area contributed by atoms with Crippen LogP contribution in [0.3, 0.4) is 0 Å². The predicted octanol–water partition coefficient (Wildman–Crippen LogP) is 2.29. The van der Waals surface area contributed by atoms with Gasteiger partial charge < -0.3 is 15.4 Å². The van der Waals surface area contributed by atoms with Crippen molar-refractivity contribution in [2.45, 2.75) is 46.1 Å². The summed E-state index contributed by atoms with van der Waals surface area (Å²) in [5.41, 5.74) is 6.57. The fraction of sp³-hybridized carbons (Fsp3) is 0.733. The van der Waals surface area contributed by atoms with Crippen molar-refractivity contribution >= 4 is 17.6 Å². The van der Waals surface area contributed by atoms with Gasteiger partial charge in [-0.1, -0.05) is 13.8 Å². The highest BCUT2D eigenvalue weighted by Gasteiger charge is 2.27. The number of nitrogen functional groups attached to an aromatic ring is 1. The molecule has 1 aliphatic heterocycles. The van der Waals surface area contributed by atoms with E-state index >= 15 is 0 Å². The Balaban J connectivity index is 2.31. The quantitative estimate of drug-likeness (QED) is 0.843. The summed E-state index contributed by atoms with van der Waals surface area (Å²) >= 11 is 0. The first-order valence-electron chi connectivity index (χ1n) is 7.74. The molecule has 6 nitrogen and oxygen atoms in total. The van der Waals surface area contributed by atoms with E-state index in [1.165, 1.54) is 13.5 Å². The first-order valence-corrected chi connectivity index (χ1v) is 7.74. The molecule has 0 unspecified atom stereocenters. The smallest absolute Gasteiger partial charge is 0.345 e. The Morgan fingerprint density at radius 1 is 1.33 bits per heavy atom. The van der Waals surface area contributed by atoms with Gasteiger partial charge in [0, 0.05) is 19.6 Å². The van der Waals surface area contributed by atoms with Crippen LogP contribution >= 0.6 is 0 Å². The molecule has 1 aromatic rings. The molecule has 0 amide bonds. The number of nitrogens with zero attached hydrogens (tertiary/aromatic N) is 3. The van der Waals surface area contributed by atoms with Gasteiger partial charge in [-0.25, -0.2) is 9.48 Å². The zero-order chi connectivity index (χ0) is 15.4. The van der Waals surface area contributed by atoms with Gasteiger partial charge in [0.05, 0.1) is 7.11 Å². The molecule has 1 fully saturated rings. The number of nitrogens with two attached hydrogens (primary N) is 1. The summed E-state index contributed by atoms with van der Waals surface area (Å²) in [4.78, 5) is 14.2. The molecular weight excluding hydrogens is 268 g/mol. The van der Waals surface area contributed by atoms with Crippen molar-refractivity contribution in [2.75, 3.05) is 30.8 Å². The molecule has 0 radical (unpaired) electrons. The molecular formula is C15H26N4O2. The normalized spacial score (nSPS) is 15.5. The minimum Gasteiger partial charge on any atom is -0.465 e. The van der Waals surface area contributed by atoms with Crippen molar-refractivity contribution in [3.63, 3.8) is 0 Å². The lowest BCUT2D eigenvalue weighted by Gasteiger charge is -2.27. The lowest BCUT2D eigenvalue weighted by molar-refractivity contribution is 0.0602. The van der Waals surface area contributed by atoms with E-state index in [-0.39, 0.29) is 0 Å². The molecule has 21 heavy (non-hydrogen) atoms.